The van der Waals surface area contributed by atoms with Gasteiger partial charge in [-0.3, -0.25) is 0 Å². The zero-order valence-corrected chi connectivity index (χ0v) is 11.8. The standard InChI is InChI=1S/C10H20N2O5S/c1-5-10(3,8(13)14)12-9(15)11-7(2)6-18(4,16)17/h7H,5-6H2,1-4H3,(H,13,14)(H2,11,12,15). The molecule has 2 amide bonds. The van der Waals surface area contributed by atoms with E-state index in [0.717, 1.165) is 6.26 Å². The van der Waals surface area contributed by atoms with Gasteiger partial charge in [0.1, 0.15) is 15.4 Å². The van der Waals surface area contributed by atoms with Crippen molar-refractivity contribution in [2.24, 2.45) is 0 Å². The number of urea groups is 1. The van der Waals surface area contributed by atoms with Crippen molar-refractivity contribution < 1.29 is 23.1 Å². The van der Waals surface area contributed by atoms with E-state index >= 15 is 0 Å². The van der Waals surface area contributed by atoms with Crippen molar-refractivity contribution in [2.45, 2.75) is 38.8 Å². The number of carboxylic acid groups (broad SMARTS) is 1. The van der Waals surface area contributed by atoms with Crippen LogP contribution in [0.1, 0.15) is 27.2 Å². The first-order chi connectivity index (χ1) is 8.00. The lowest BCUT2D eigenvalue weighted by Crippen LogP contribution is -2.56. The number of nitrogens with one attached hydrogen (secondary N) is 2. The van der Waals surface area contributed by atoms with Crippen molar-refractivity contribution in [3.05, 3.63) is 0 Å². The summed E-state index contributed by atoms with van der Waals surface area (Å²) in [6.07, 6.45) is 1.28. The molecule has 8 heteroatoms. The number of hydrogen-bond donors (Lipinski definition) is 3. The maximum atomic E-state index is 11.5. The number of aliphatic carboxylic acids is 1. The van der Waals surface area contributed by atoms with Crippen LogP contribution in [0.2, 0.25) is 0 Å². The molecular formula is C10H20N2O5S. The first kappa shape index (κ1) is 16.7. The highest BCUT2D eigenvalue weighted by Crippen LogP contribution is 2.08. The van der Waals surface area contributed by atoms with E-state index in [2.05, 4.69) is 10.6 Å². The number of hydrogen-bond acceptors (Lipinski definition) is 4. The van der Waals surface area contributed by atoms with Crippen LogP contribution in [0.25, 0.3) is 0 Å². The van der Waals surface area contributed by atoms with Gasteiger partial charge in [-0.15, -0.1) is 0 Å². The highest BCUT2D eigenvalue weighted by atomic mass is 32.2. The first-order valence-corrected chi connectivity index (χ1v) is 7.56. The van der Waals surface area contributed by atoms with Crippen molar-refractivity contribution in [3.8, 4) is 0 Å². The molecule has 0 bridgehead atoms. The monoisotopic (exact) mass is 280 g/mol. The normalized spacial score (nSPS) is 16.4. The van der Waals surface area contributed by atoms with E-state index in [1.807, 2.05) is 0 Å². The summed E-state index contributed by atoms with van der Waals surface area (Å²) < 4.78 is 22.0. The molecule has 0 aliphatic carbocycles. The molecule has 0 aliphatic rings. The molecular weight excluding hydrogens is 260 g/mol. The van der Waals surface area contributed by atoms with Crippen molar-refractivity contribution in [1.29, 1.82) is 0 Å². The second-order valence-electron chi connectivity index (χ2n) is 4.58. The highest BCUT2D eigenvalue weighted by Gasteiger charge is 2.33. The van der Waals surface area contributed by atoms with Crippen LogP contribution in [0.4, 0.5) is 4.79 Å². The van der Waals surface area contributed by atoms with Gasteiger partial charge in [-0.05, 0) is 20.3 Å². The van der Waals surface area contributed by atoms with Gasteiger partial charge in [0, 0.05) is 12.3 Å². The fourth-order valence-electron chi connectivity index (χ4n) is 1.30. The zero-order chi connectivity index (χ0) is 14.6. The molecule has 18 heavy (non-hydrogen) atoms. The molecule has 0 aromatic carbocycles. The van der Waals surface area contributed by atoms with Crippen LogP contribution in [-0.2, 0) is 14.6 Å². The predicted molar refractivity (Wildman–Crippen MR) is 67.2 cm³/mol. The average Bonchev–Trinajstić information content (AvgIpc) is 2.13. The van der Waals surface area contributed by atoms with E-state index in [1.54, 1.807) is 6.92 Å². The van der Waals surface area contributed by atoms with Gasteiger partial charge in [0.25, 0.3) is 0 Å². The minimum absolute atomic E-state index is 0.198. The Labute approximate surface area is 107 Å². The van der Waals surface area contributed by atoms with Crippen molar-refractivity contribution >= 4 is 21.8 Å². The Balaban J connectivity index is 4.48. The Bertz CT molecular complexity index is 420. The van der Waals surface area contributed by atoms with Crippen LogP contribution in [0.5, 0.6) is 0 Å². The summed E-state index contributed by atoms with van der Waals surface area (Å²) in [4.78, 5) is 22.5. The molecule has 0 radical (unpaired) electrons. The molecule has 0 saturated heterocycles. The fourth-order valence-corrected chi connectivity index (χ4v) is 2.29. The van der Waals surface area contributed by atoms with Crippen LogP contribution >= 0.6 is 0 Å². The lowest BCUT2D eigenvalue weighted by Gasteiger charge is -2.25. The highest BCUT2D eigenvalue weighted by molar-refractivity contribution is 7.90. The third kappa shape index (κ3) is 5.85. The van der Waals surface area contributed by atoms with Crippen LogP contribution < -0.4 is 10.6 Å². The molecule has 2 atom stereocenters. The number of carbonyl (C=O) groups excluding carboxylic acids is 1. The quantitative estimate of drug-likeness (QED) is 0.632. The third-order valence-electron chi connectivity index (χ3n) is 2.50. The van der Waals surface area contributed by atoms with Crippen LogP contribution in [-0.4, -0.2) is 49.1 Å². The number of rotatable bonds is 6. The van der Waals surface area contributed by atoms with E-state index in [1.165, 1.54) is 13.8 Å². The molecule has 7 nitrogen and oxygen atoms in total. The van der Waals surface area contributed by atoms with Crippen molar-refractivity contribution in [3.63, 3.8) is 0 Å². The van der Waals surface area contributed by atoms with Gasteiger partial charge in [-0.1, -0.05) is 6.92 Å². The Morgan fingerprint density at radius 1 is 1.39 bits per heavy atom. The summed E-state index contributed by atoms with van der Waals surface area (Å²) in [5, 5.41) is 13.7. The van der Waals surface area contributed by atoms with E-state index in [9.17, 15) is 18.0 Å². The molecule has 0 fully saturated rings. The molecule has 0 aromatic heterocycles. The van der Waals surface area contributed by atoms with Crippen LogP contribution in [0.3, 0.4) is 0 Å². The second-order valence-corrected chi connectivity index (χ2v) is 6.77. The molecule has 0 spiro atoms. The second kappa shape index (κ2) is 6.03. The summed E-state index contributed by atoms with van der Waals surface area (Å²) in [5.41, 5.74) is -1.37. The third-order valence-corrected chi connectivity index (χ3v) is 3.60. The molecule has 2 unspecified atom stereocenters. The van der Waals surface area contributed by atoms with Gasteiger partial charge in [-0.2, -0.15) is 0 Å². The molecule has 0 saturated carbocycles. The number of carbonyl (C=O) groups is 2. The van der Waals surface area contributed by atoms with E-state index in [0.29, 0.717) is 0 Å². The predicted octanol–water partition coefficient (Wildman–Crippen LogP) is -0.0280. The van der Waals surface area contributed by atoms with E-state index < -0.39 is 33.4 Å². The fraction of sp³-hybridized carbons (Fsp3) is 0.800. The summed E-state index contributed by atoms with van der Waals surface area (Å²) >= 11 is 0. The minimum atomic E-state index is -3.19. The average molecular weight is 280 g/mol. The smallest absolute Gasteiger partial charge is 0.329 e. The van der Waals surface area contributed by atoms with Gasteiger partial charge in [0.2, 0.25) is 0 Å². The zero-order valence-electron chi connectivity index (χ0n) is 11.0. The summed E-state index contributed by atoms with van der Waals surface area (Å²) in [7, 11) is -3.19. The molecule has 3 N–H and O–H groups in total. The SMILES string of the molecule is CCC(C)(NC(=O)NC(C)CS(C)(=O)=O)C(=O)O. The molecule has 0 rings (SSSR count). The minimum Gasteiger partial charge on any atom is -0.480 e. The number of sulfone groups is 1. The summed E-state index contributed by atoms with van der Waals surface area (Å²) in [5.74, 6) is -1.34. The Hall–Kier alpha value is -1.31. The van der Waals surface area contributed by atoms with E-state index in [4.69, 9.17) is 5.11 Å². The van der Waals surface area contributed by atoms with Crippen molar-refractivity contribution in [2.75, 3.05) is 12.0 Å². The number of amides is 2. The maximum Gasteiger partial charge on any atom is 0.329 e. The topological polar surface area (TPSA) is 113 Å². The van der Waals surface area contributed by atoms with Gasteiger partial charge in [-0.25, -0.2) is 18.0 Å². The molecule has 0 aromatic rings. The van der Waals surface area contributed by atoms with Gasteiger partial charge in [0.15, 0.2) is 0 Å². The van der Waals surface area contributed by atoms with Gasteiger partial charge >= 0.3 is 12.0 Å². The Morgan fingerprint density at radius 2 is 1.89 bits per heavy atom. The van der Waals surface area contributed by atoms with Gasteiger partial charge in [0.05, 0.1) is 5.75 Å². The molecule has 106 valence electrons. The van der Waals surface area contributed by atoms with Crippen LogP contribution in [0.15, 0.2) is 0 Å². The largest absolute Gasteiger partial charge is 0.480 e. The molecule has 0 heterocycles. The number of carboxylic acids is 1. The Morgan fingerprint density at radius 3 is 2.22 bits per heavy atom. The first-order valence-electron chi connectivity index (χ1n) is 5.50. The lowest BCUT2D eigenvalue weighted by molar-refractivity contribution is -0.143. The summed E-state index contributed by atoms with van der Waals surface area (Å²) in [6, 6.07) is -1.28. The maximum absolute atomic E-state index is 11.5. The molecule has 0 aliphatic heterocycles. The Kier molecular flexibility index (Phi) is 5.59. The van der Waals surface area contributed by atoms with Crippen molar-refractivity contribution in [1.82, 2.24) is 10.6 Å². The van der Waals surface area contributed by atoms with E-state index in [-0.39, 0.29) is 12.2 Å². The lowest BCUT2D eigenvalue weighted by atomic mass is 10.00. The summed E-state index contributed by atoms with van der Waals surface area (Å²) in [6.45, 7) is 4.55. The van der Waals surface area contributed by atoms with Crippen LogP contribution in [0, 0.1) is 0 Å². The van der Waals surface area contributed by atoms with Gasteiger partial charge < -0.3 is 15.7 Å².